The van der Waals surface area contributed by atoms with Crippen molar-refractivity contribution in [1.29, 1.82) is 0 Å². The molecule has 0 fully saturated rings. The number of rotatable bonds is 9. The molecular formula is C17H23N5OS2. The van der Waals surface area contributed by atoms with Crippen molar-refractivity contribution in [3.05, 3.63) is 42.5 Å². The van der Waals surface area contributed by atoms with Gasteiger partial charge in [-0.25, -0.2) is 0 Å². The average molecular weight is 378 g/mol. The van der Waals surface area contributed by atoms with Gasteiger partial charge < -0.3 is 15.1 Å². The van der Waals surface area contributed by atoms with E-state index in [9.17, 15) is 4.79 Å². The Morgan fingerprint density at radius 2 is 2.00 bits per heavy atom. The van der Waals surface area contributed by atoms with E-state index in [2.05, 4.69) is 51.3 Å². The van der Waals surface area contributed by atoms with Gasteiger partial charge in [0.2, 0.25) is 11.0 Å². The van der Waals surface area contributed by atoms with Crippen molar-refractivity contribution in [3.8, 4) is 0 Å². The number of nitrogens with zero attached hydrogens (tertiary/aromatic N) is 4. The Kier molecular flexibility index (Phi) is 7.27. The van der Waals surface area contributed by atoms with Crippen molar-refractivity contribution in [1.82, 2.24) is 15.1 Å². The molecule has 8 heteroatoms. The van der Waals surface area contributed by atoms with E-state index in [1.54, 1.807) is 11.0 Å². The van der Waals surface area contributed by atoms with Gasteiger partial charge in [-0.3, -0.25) is 4.79 Å². The standard InChI is InChI=1S/C17H23N5OS2/c1-5-10-18-16-19-20-17(25-16)24-12-15(23)22(4)11-13-6-8-14(9-7-13)21(2)3/h5-9H,1,10-12H2,2-4H3,(H,18,19). The van der Waals surface area contributed by atoms with Gasteiger partial charge in [-0.15, -0.1) is 16.8 Å². The molecule has 0 bridgehead atoms. The highest BCUT2D eigenvalue weighted by atomic mass is 32.2. The lowest BCUT2D eigenvalue weighted by atomic mass is 10.2. The lowest BCUT2D eigenvalue weighted by Gasteiger charge is -2.18. The smallest absolute Gasteiger partial charge is 0.233 e. The number of hydrogen-bond acceptors (Lipinski definition) is 7. The van der Waals surface area contributed by atoms with E-state index in [-0.39, 0.29) is 5.91 Å². The van der Waals surface area contributed by atoms with Crippen molar-refractivity contribution in [2.24, 2.45) is 0 Å². The topological polar surface area (TPSA) is 61.4 Å². The molecule has 0 saturated carbocycles. The van der Waals surface area contributed by atoms with E-state index < -0.39 is 0 Å². The number of carbonyl (C=O) groups excluding carboxylic acids is 1. The SMILES string of the molecule is C=CCNc1nnc(SCC(=O)N(C)Cc2ccc(N(C)C)cc2)s1. The molecular weight excluding hydrogens is 354 g/mol. The Morgan fingerprint density at radius 3 is 2.64 bits per heavy atom. The highest BCUT2D eigenvalue weighted by molar-refractivity contribution is 8.01. The quantitative estimate of drug-likeness (QED) is 0.535. The number of anilines is 2. The van der Waals surface area contributed by atoms with Gasteiger partial charge in [-0.1, -0.05) is 41.3 Å². The number of aromatic nitrogens is 2. The molecule has 0 unspecified atom stereocenters. The Labute approximate surface area is 156 Å². The van der Waals surface area contributed by atoms with Crippen LogP contribution >= 0.6 is 23.1 Å². The second kappa shape index (κ2) is 9.43. The first kappa shape index (κ1) is 19.3. The van der Waals surface area contributed by atoms with Crippen LogP contribution in [0.5, 0.6) is 0 Å². The van der Waals surface area contributed by atoms with E-state index >= 15 is 0 Å². The summed E-state index contributed by atoms with van der Waals surface area (Å²) in [6, 6.07) is 8.21. The second-order valence-electron chi connectivity index (χ2n) is 5.64. The average Bonchev–Trinajstić information content (AvgIpc) is 3.06. The number of hydrogen-bond donors (Lipinski definition) is 1. The van der Waals surface area contributed by atoms with Crippen LogP contribution in [-0.2, 0) is 11.3 Å². The summed E-state index contributed by atoms with van der Waals surface area (Å²) in [4.78, 5) is 16.1. The van der Waals surface area contributed by atoms with Crippen molar-refractivity contribution < 1.29 is 4.79 Å². The Hall–Kier alpha value is -2.06. The third-order valence-electron chi connectivity index (χ3n) is 3.42. The van der Waals surface area contributed by atoms with E-state index in [1.807, 2.05) is 21.1 Å². The maximum atomic E-state index is 12.3. The van der Waals surface area contributed by atoms with Crippen LogP contribution in [0, 0.1) is 0 Å². The zero-order valence-electron chi connectivity index (χ0n) is 14.7. The van der Waals surface area contributed by atoms with Gasteiger partial charge in [-0.05, 0) is 17.7 Å². The highest BCUT2D eigenvalue weighted by Gasteiger charge is 2.12. The van der Waals surface area contributed by atoms with Crippen LogP contribution in [0.1, 0.15) is 5.56 Å². The molecule has 0 saturated heterocycles. The Balaban J connectivity index is 1.81. The van der Waals surface area contributed by atoms with Crippen LogP contribution in [0.25, 0.3) is 0 Å². The van der Waals surface area contributed by atoms with E-state index in [1.165, 1.54) is 23.1 Å². The first-order valence-corrected chi connectivity index (χ1v) is 9.61. The molecule has 2 aromatic rings. The third kappa shape index (κ3) is 6.06. The molecule has 1 aromatic carbocycles. The zero-order chi connectivity index (χ0) is 18.2. The predicted molar refractivity (Wildman–Crippen MR) is 107 cm³/mol. The summed E-state index contributed by atoms with van der Waals surface area (Å²) in [6.45, 7) is 4.88. The van der Waals surface area contributed by atoms with Gasteiger partial charge in [0.15, 0.2) is 4.34 Å². The maximum absolute atomic E-state index is 12.3. The lowest BCUT2D eigenvalue weighted by Crippen LogP contribution is -2.27. The van der Waals surface area contributed by atoms with Gasteiger partial charge in [0.25, 0.3) is 0 Å². The summed E-state index contributed by atoms with van der Waals surface area (Å²) in [7, 11) is 5.83. The van der Waals surface area contributed by atoms with Crippen molar-refractivity contribution in [2.75, 3.05) is 43.7 Å². The minimum atomic E-state index is 0.0671. The third-order valence-corrected chi connectivity index (χ3v) is 5.42. The molecule has 1 N–H and O–H groups in total. The molecule has 0 atom stereocenters. The van der Waals surface area contributed by atoms with Gasteiger partial charge in [0, 0.05) is 39.9 Å². The molecule has 0 spiro atoms. The minimum Gasteiger partial charge on any atom is -0.378 e. The summed E-state index contributed by atoms with van der Waals surface area (Å²) >= 11 is 2.85. The first-order valence-electron chi connectivity index (χ1n) is 7.81. The van der Waals surface area contributed by atoms with Gasteiger partial charge >= 0.3 is 0 Å². The van der Waals surface area contributed by atoms with Crippen LogP contribution in [-0.4, -0.2) is 54.4 Å². The summed E-state index contributed by atoms with van der Waals surface area (Å²) in [5.74, 6) is 0.417. The monoisotopic (exact) mass is 377 g/mol. The summed E-state index contributed by atoms with van der Waals surface area (Å²) in [5.41, 5.74) is 2.25. The van der Waals surface area contributed by atoms with Gasteiger partial charge in [-0.2, -0.15) is 0 Å². The minimum absolute atomic E-state index is 0.0671. The fraction of sp³-hybridized carbons (Fsp3) is 0.353. The molecule has 1 amide bonds. The van der Waals surface area contributed by atoms with Crippen LogP contribution in [0.15, 0.2) is 41.3 Å². The zero-order valence-corrected chi connectivity index (χ0v) is 16.4. The normalized spacial score (nSPS) is 10.4. The number of carbonyl (C=O) groups is 1. The summed E-state index contributed by atoms with van der Waals surface area (Å²) in [6.07, 6.45) is 1.76. The molecule has 1 aromatic heterocycles. The number of amides is 1. The van der Waals surface area contributed by atoms with Crippen LogP contribution < -0.4 is 10.2 Å². The van der Waals surface area contributed by atoms with Gasteiger partial charge in [0.1, 0.15) is 0 Å². The largest absolute Gasteiger partial charge is 0.378 e. The molecule has 0 aliphatic carbocycles. The molecule has 0 aliphatic rings. The van der Waals surface area contributed by atoms with E-state index in [4.69, 9.17) is 0 Å². The summed E-state index contributed by atoms with van der Waals surface area (Å²) in [5, 5.41) is 11.9. The fourth-order valence-corrected chi connectivity index (χ4v) is 3.69. The lowest BCUT2D eigenvalue weighted by molar-refractivity contribution is -0.127. The Morgan fingerprint density at radius 1 is 1.28 bits per heavy atom. The van der Waals surface area contributed by atoms with Crippen LogP contribution in [0.3, 0.4) is 0 Å². The van der Waals surface area contributed by atoms with Crippen LogP contribution in [0.4, 0.5) is 10.8 Å². The molecule has 2 rings (SSSR count). The van der Waals surface area contributed by atoms with Crippen molar-refractivity contribution in [2.45, 2.75) is 10.9 Å². The maximum Gasteiger partial charge on any atom is 0.233 e. The molecule has 6 nitrogen and oxygen atoms in total. The second-order valence-corrected chi connectivity index (χ2v) is 7.84. The molecule has 0 radical (unpaired) electrons. The molecule has 1 heterocycles. The predicted octanol–water partition coefficient (Wildman–Crippen LogP) is 2.95. The summed E-state index contributed by atoms with van der Waals surface area (Å²) < 4.78 is 0.781. The number of benzene rings is 1. The van der Waals surface area contributed by atoms with Crippen molar-refractivity contribution in [3.63, 3.8) is 0 Å². The Bertz CT molecular complexity index is 699. The van der Waals surface area contributed by atoms with E-state index in [0.717, 1.165) is 20.7 Å². The van der Waals surface area contributed by atoms with Gasteiger partial charge in [0.05, 0.1) is 5.75 Å². The molecule has 134 valence electrons. The molecule has 0 aliphatic heterocycles. The highest BCUT2D eigenvalue weighted by Crippen LogP contribution is 2.25. The van der Waals surface area contributed by atoms with Crippen molar-refractivity contribution >= 4 is 39.8 Å². The number of thioether (sulfide) groups is 1. The first-order chi connectivity index (χ1) is 12.0. The van der Waals surface area contributed by atoms with E-state index in [0.29, 0.717) is 18.8 Å². The number of nitrogens with one attached hydrogen (secondary N) is 1. The fourth-order valence-electron chi connectivity index (χ4n) is 1.99. The molecule has 25 heavy (non-hydrogen) atoms. The van der Waals surface area contributed by atoms with Crippen LogP contribution in [0.2, 0.25) is 0 Å².